The summed E-state index contributed by atoms with van der Waals surface area (Å²) in [7, 11) is 1.33. The van der Waals surface area contributed by atoms with E-state index in [0.29, 0.717) is 27.9 Å². The van der Waals surface area contributed by atoms with Crippen LogP contribution in [0.25, 0.3) is 11.5 Å². The topological polar surface area (TPSA) is 78.4 Å². The molecule has 0 atom stereocenters. The number of carbonyl (C=O) groups excluding carboxylic acids is 1. The number of aromatic nitrogens is 1. The van der Waals surface area contributed by atoms with E-state index in [1.807, 2.05) is 0 Å². The second-order valence-electron chi connectivity index (χ2n) is 3.14. The summed E-state index contributed by atoms with van der Waals surface area (Å²) in [5.41, 5.74) is 6.55. The molecule has 16 heavy (non-hydrogen) atoms. The van der Waals surface area contributed by atoms with Crippen LogP contribution in [0, 0.1) is 6.92 Å². The number of carbonyl (C=O) groups is 1. The van der Waals surface area contributed by atoms with E-state index in [2.05, 4.69) is 9.72 Å². The summed E-state index contributed by atoms with van der Waals surface area (Å²) in [4.78, 5) is 15.4. The zero-order valence-electron chi connectivity index (χ0n) is 8.81. The van der Waals surface area contributed by atoms with Gasteiger partial charge in [0.25, 0.3) is 0 Å². The van der Waals surface area contributed by atoms with Gasteiger partial charge in [-0.25, -0.2) is 9.78 Å². The number of nitrogens with zero attached hydrogens (tertiary/aromatic N) is 1. The molecule has 5 nitrogen and oxygen atoms in total. The van der Waals surface area contributed by atoms with Crippen LogP contribution in [-0.2, 0) is 4.74 Å². The molecule has 0 bridgehead atoms. The van der Waals surface area contributed by atoms with Gasteiger partial charge in [-0.1, -0.05) is 0 Å². The Morgan fingerprint density at radius 1 is 1.62 bits per heavy atom. The van der Waals surface area contributed by atoms with Crippen LogP contribution in [0.3, 0.4) is 0 Å². The summed E-state index contributed by atoms with van der Waals surface area (Å²) in [5.74, 6) is 0.606. The average Bonchev–Trinajstić information content (AvgIpc) is 2.83. The van der Waals surface area contributed by atoms with E-state index in [-0.39, 0.29) is 0 Å². The van der Waals surface area contributed by atoms with Gasteiger partial charge in [0.15, 0.2) is 10.9 Å². The van der Waals surface area contributed by atoms with Crippen molar-refractivity contribution in [3.05, 3.63) is 22.8 Å². The fourth-order valence-electron chi connectivity index (χ4n) is 1.32. The number of hydrogen-bond donors (Lipinski definition) is 1. The third kappa shape index (κ3) is 1.79. The van der Waals surface area contributed by atoms with Crippen molar-refractivity contribution in [3.63, 3.8) is 0 Å². The van der Waals surface area contributed by atoms with Crippen LogP contribution < -0.4 is 5.73 Å². The Labute approximate surface area is 95.9 Å². The molecule has 0 aliphatic rings. The maximum atomic E-state index is 11.4. The minimum absolute atomic E-state index is 0.407. The van der Waals surface area contributed by atoms with Gasteiger partial charge in [0.1, 0.15) is 17.0 Å². The van der Waals surface area contributed by atoms with Crippen LogP contribution in [0.2, 0.25) is 0 Å². The van der Waals surface area contributed by atoms with Crippen LogP contribution in [0.15, 0.2) is 15.9 Å². The van der Waals surface area contributed by atoms with Crippen molar-refractivity contribution in [1.82, 2.24) is 4.98 Å². The molecule has 0 radical (unpaired) electrons. The summed E-state index contributed by atoms with van der Waals surface area (Å²) in [6.45, 7) is 1.70. The number of methoxy groups -OCH3 is 1. The highest BCUT2D eigenvalue weighted by atomic mass is 32.1. The Bertz CT molecular complexity index is 530. The monoisotopic (exact) mass is 238 g/mol. The molecule has 2 aromatic rings. The zero-order valence-corrected chi connectivity index (χ0v) is 9.63. The number of aryl methyl sites for hydroxylation is 1. The molecule has 0 saturated heterocycles. The molecule has 0 amide bonds. The van der Waals surface area contributed by atoms with Crippen LogP contribution in [0.5, 0.6) is 0 Å². The molecule has 0 aliphatic heterocycles. The van der Waals surface area contributed by atoms with Gasteiger partial charge in [0.2, 0.25) is 0 Å². The SMILES string of the molecule is COC(=O)c1cc(-c2csc(N)n2)oc1C. The van der Waals surface area contributed by atoms with Gasteiger partial charge < -0.3 is 14.9 Å². The minimum atomic E-state index is -0.421. The van der Waals surface area contributed by atoms with Crippen molar-refractivity contribution in [1.29, 1.82) is 0 Å². The maximum Gasteiger partial charge on any atom is 0.341 e. The van der Waals surface area contributed by atoms with Crippen LogP contribution in [0.1, 0.15) is 16.1 Å². The molecular weight excluding hydrogens is 228 g/mol. The first kappa shape index (κ1) is 10.7. The van der Waals surface area contributed by atoms with E-state index >= 15 is 0 Å². The number of nitrogen functional groups attached to an aromatic ring is 1. The fourth-order valence-corrected chi connectivity index (χ4v) is 1.87. The van der Waals surface area contributed by atoms with Gasteiger partial charge in [-0.3, -0.25) is 0 Å². The van der Waals surface area contributed by atoms with Gasteiger partial charge in [0.05, 0.1) is 7.11 Å². The molecule has 2 heterocycles. The van der Waals surface area contributed by atoms with E-state index in [1.54, 1.807) is 18.4 Å². The normalized spacial score (nSPS) is 10.4. The number of esters is 1. The number of furan rings is 1. The smallest absolute Gasteiger partial charge is 0.341 e. The Morgan fingerprint density at radius 2 is 2.38 bits per heavy atom. The lowest BCUT2D eigenvalue weighted by atomic mass is 10.2. The summed E-state index contributed by atoms with van der Waals surface area (Å²) in [5, 5.41) is 2.23. The predicted octanol–water partition coefficient (Wildman–Crippen LogP) is 2.08. The molecule has 2 N–H and O–H groups in total. The van der Waals surface area contributed by atoms with E-state index in [0.717, 1.165) is 0 Å². The highest BCUT2D eigenvalue weighted by Crippen LogP contribution is 2.27. The molecule has 0 spiro atoms. The quantitative estimate of drug-likeness (QED) is 0.810. The second kappa shape index (κ2) is 3.97. The summed E-state index contributed by atoms with van der Waals surface area (Å²) in [6, 6.07) is 1.61. The van der Waals surface area contributed by atoms with Crippen molar-refractivity contribution in [3.8, 4) is 11.5 Å². The van der Waals surface area contributed by atoms with Crippen molar-refractivity contribution in [2.45, 2.75) is 6.92 Å². The van der Waals surface area contributed by atoms with Gasteiger partial charge in [-0.15, -0.1) is 11.3 Å². The Hall–Kier alpha value is -1.82. The molecule has 0 aromatic carbocycles. The van der Waals surface area contributed by atoms with Gasteiger partial charge >= 0.3 is 5.97 Å². The largest absolute Gasteiger partial charge is 0.465 e. The Kier molecular flexibility index (Phi) is 2.66. The van der Waals surface area contributed by atoms with E-state index in [1.165, 1.54) is 18.4 Å². The number of hydrogen-bond acceptors (Lipinski definition) is 6. The highest BCUT2D eigenvalue weighted by molar-refractivity contribution is 7.13. The molecule has 6 heteroatoms. The Balaban J connectivity index is 2.41. The van der Waals surface area contributed by atoms with Crippen LogP contribution >= 0.6 is 11.3 Å². The summed E-state index contributed by atoms with van der Waals surface area (Å²) in [6.07, 6.45) is 0. The summed E-state index contributed by atoms with van der Waals surface area (Å²) >= 11 is 1.32. The second-order valence-corrected chi connectivity index (χ2v) is 4.03. The molecule has 0 aliphatic carbocycles. The van der Waals surface area contributed by atoms with Gasteiger partial charge in [-0.2, -0.15) is 0 Å². The lowest BCUT2D eigenvalue weighted by Crippen LogP contribution is -2.00. The van der Waals surface area contributed by atoms with E-state index in [9.17, 15) is 4.79 Å². The first-order chi connectivity index (χ1) is 7.61. The van der Waals surface area contributed by atoms with E-state index in [4.69, 9.17) is 10.2 Å². The first-order valence-electron chi connectivity index (χ1n) is 4.52. The predicted molar refractivity (Wildman–Crippen MR) is 60.3 cm³/mol. The van der Waals surface area contributed by atoms with Crippen molar-refractivity contribution >= 4 is 22.4 Å². The number of ether oxygens (including phenoxy) is 1. The maximum absolute atomic E-state index is 11.4. The third-order valence-electron chi connectivity index (χ3n) is 2.10. The van der Waals surface area contributed by atoms with Crippen molar-refractivity contribution in [2.75, 3.05) is 12.8 Å². The van der Waals surface area contributed by atoms with Gasteiger partial charge in [-0.05, 0) is 6.92 Å². The molecule has 2 aromatic heterocycles. The third-order valence-corrected chi connectivity index (χ3v) is 2.77. The Morgan fingerprint density at radius 3 is 2.94 bits per heavy atom. The van der Waals surface area contributed by atoms with Crippen molar-refractivity contribution in [2.24, 2.45) is 0 Å². The van der Waals surface area contributed by atoms with Gasteiger partial charge in [0, 0.05) is 11.4 Å². The standard InChI is InChI=1S/C10H10N2O3S/c1-5-6(9(13)14-2)3-8(15-5)7-4-16-10(11)12-7/h3-4H,1-2H3,(H2,11,12). The fraction of sp³-hybridized carbons (Fsp3) is 0.200. The van der Waals surface area contributed by atoms with Crippen molar-refractivity contribution < 1.29 is 13.9 Å². The van der Waals surface area contributed by atoms with Crippen LogP contribution in [0.4, 0.5) is 5.13 Å². The minimum Gasteiger partial charge on any atom is -0.465 e. The molecule has 2 rings (SSSR count). The number of nitrogens with two attached hydrogens (primary N) is 1. The molecule has 0 fully saturated rings. The first-order valence-corrected chi connectivity index (χ1v) is 5.40. The number of anilines is 1. The van der Waals surface area contributed by atoms with E-state index < -0.39 is 5.97 Å². The zero-order chi connectivity index (χ0) is 11.7. The van der Waals surface area contributed by atoms with Crippen LogP contribution in [-0.4, -0.2) is 18.1 Å². The average molecular weight is 238 g/mol. The molecule has 0 saturated carbocycles. The molecule has 84 valence electrons. The highest BCUT2D eigenvalue weighted by Gasteiger charge is 2.17. The lowest BCUT2D eigenvalue weighted by molar-refractivity contribution is 0.0599. The number of thiazole rings is 1. The lowest BCUT2D eigenvalue weighted by Gasteiger charge is -1.93. The summed E-state index contributed by atoms with van der Waals surface area (Å²) < 4.78 is 10.1. The molecule has 0 unspecified atom stereocenters. The molecular formula is C10H10N2O3S. The number of rotatable bonds is 2.